The Morgan fingerprint density at radius 3 is 2.71 bits per heavy atom. The molecule has 94 valence electrons. The SMILES string of the molecule is CC1OCCC1c1nc(C2CCCCC2)n[nH]1. The first-order chi connectivity index (χ1) is 8.34. The molecule has 2 aliphatic rings. The Hall–Kier alpha value is -0.900. The van der Waals surface area contributed by atoms with Crippen LogP contribution in [-0.4, -0.2) is 27.9 Å². The number of nitrogens with zero attached hydrogens (tertiary/aromatic N) is 2. The van der Waals surface area contributed by atoms with Crippen molar-refractivity contribution in [2.24, 2.45) is 0 Å². The zero-order valence-electron chi connectivity index (χ0n) is 10.5. The highest BCUT2D eigenvalue weighted by molar-refractivity contribution is 5.05. The lowest BCUT2D eigenvalue weighted by molar-refractivity contribution is 0.117. The second-order valence-electron chi connectivity index (χ2n) is 5.38. The van der Waals surface area contributed by atoms with E-state index in [1.54, 1.807) is 0 Å². The van der Waals surface area contributed by atoms with Gasteiger partial charge in [0.25, 0.3) is 0 Å². The molecule has 4 heteroatoms. The molecule has 1 saturated heterocycles. The summed E-state index contributed by atoms with van der Waals surface area (Å²) in [6.45, 7) is 2.98. The molecule has 0 radical (unpaired) electrons. The number of aromatic amines is 1. The molecule has 0 spiro atoms. The Morgan fingerprint density at radius 2 is 2.00 bits per heavy atom. The number of ether oxygens (including phenoxy) is 1. The fourth-order valence-electron chi connectivity index (χ4n) is 3.09. The molecule has 1 aliphatic carbocycles. The molecule has 1 N–H and O–H groups in total. The van der Waals surface area contributed by atoms with Crippen molar-refractivity contribution in [1.29, 1.82) is 0 Å². The third-order valence-electron chi connectivity index (χ3n) is 4.22. The van der Waals surface area contributed by atoms with Crippen LogP contribution in [0.3, 0.4) is 0 Å². The summed E-state index contributed by atoms with van der Waals surface area (Å²) in [6, 6.07) is 0. The van der Waals surface area contributed by atoms with Gasteiger partial charge in [-0.2, -0.15) is 5.10 Å². The standard InChI is InChI=1S/C13H21N3O/c1-9-11(7-8-17-9)13-14-12(15-16-13)10-5-3-2-4-6-10/h9-11H,2-8H2,1H3,(H,14,15,16). The Labute approximate surface area is 102 Å². The number of hydrogen-bond donors (Lipinski definition) is 1. The smallest absolute Gasteiger partial charge is 0.153 e. The lowest BCUT2D eigenvalue weighted by atomic mass is 9.89. The van der Waals surface area contributed by atoms with E-state index in [4.69, 9.17) is 9.72 Å². The minimum Gasteiger partial charge on any atom is -0.378 e. The van der Waals surface area contributed by atoms with Gasteiger partial charge in [0.1, 0.15) is 5.82 Å². The highest BCUT2D eigenvalue weighted by atomic mass is 16.5. The van der Waals surface area contributed by atoms with E-state index in [1.807, 2.05) is 0 Å². The van der Waals surface area contributed by atoms with Gasteiger partial charge in [-0.05, 0) is 26.2 Å². The third kappa shape index (κ3) is 2.23. The number of hydrogen-bond acceptors (Lipinski definition) is 3. The summed E-state index contributed by atoms with van der Waals surface area (Å²) in [4.78, 5) is 4.72. The minimum atomic E-state index is 0.280. The molecule has 1 saturated carbocycles. The summed E-state index contributed by atoms with van der Waals surface area (Å²) < 4.78 is 5.59. The number of rotatable bonds is 2. The monoisotopic (exact) mass is 235 g/mol. The zero-order valence-corrected chi connectivity index (χ0v) is 10.5. The van der Waals surface area contributed by atoms with Gasteiger partial charge in [-0.3, -0.25) is 5.10 Å². The molecule has 0 aromatic carbocycles. The maximum Gasteiger partial charge on any atom is 0.153 e. The van der Waals surface area contributed by atoms with Gasteiger partial charge in [0.2, 0.25) is 0 Å². The Morgan fingerprint density at radius 1 is 1.18 bits per heavy atom. The third-order valence-corrected chi connectivity index (χ3v) is 4.22. The van der Waals surface area contributed by atoms with Crippen LogP contribution in [0.2, 0.25) is 0 Å². The summed E-state index contributed by atoms with van der Waals surface area (Å²) >= 11 is 0. The molecule has 1 aromatic rings. The van der Waals surface area contributed by atoms with E-state index in [1.165, 1.54) is 32.1 Å². The van der Waals surface area contributed by atoms with Crippen molar-refractivity contribution in [3.05, 3.63) is 11.6 Å². The summed E-state index contributed by atoms with van der Waals surface area (Å²) in [5.74, 6) is 3.08. The van der Waals surface area contributed by atoms with E-state index in [9.17, 15) is 0 Å². The highest BCUT2D eigenvalue weighted by Crippen LogP contribution is 2.33. The van der Waals surface area contributed by atoms with Crippen LogP contribution < -0.4 is 0 Å². The molecule has 2 fully saturated rings. The summed E-state index contributed by atoms with van der Waals surface area (Å²) in [5.41, 5.74) is 0. The van der Waals surface area contributed by atoms with Gasteiger partial charge in [0.05, 0.1) is 6.10 Å². The van der Waals surface area contributed by atoms with Crippen LogP contribution in [0.4, 0.5) is 0 Å². The first-order valence-corrected chi connectivity index (χ1v) is 6.88. The predicted molar refractivity (Wildman–Crippen MR) is 65.0 cm³/mol. The molecule has 2 heterocycles. The first kappa shape index (κ1) is 11.2. The molecule has 1 aromatic heterocycles. The van der Waals surface area contributed by atoms with Crippen LogP contribution in [0.15, 0.2) is 0 Å². The van der Waals surface area contributed by atoms with E-state index in [0.29, 0.717) is 11.8 Å². The van der Waals surface area contributed by atoms with Crippen molar-refractivity contribution in [3.63, 3.8) is 0 Å². The van der Waals surface area contributed by atoms with Crippen LogP contribution in [0.5, 0.6) is 0 Å². The lowest BCUT2D eigenvalue weighted by Gasteiger charge is -2.18. The Kier molecular flexibility index (Phi) is 3.14. The molecule has 0 bridgehead atoms. The molecule has 4 nitrogen and oxygen atoms in total. The van der Waals surface area contributed by atoms with E-state index < -0.39 is 0 Å². The minimum absolute atomic E-state index is 0.280. The summed E-state index contributed by atoms with van der Waals surface area (Å²) in [7, 11) is 0. The summed E-state index contributed by atoms with van der Waals surface area (Å²) in [6.07, 6.45) is 7.90. The topological polar surface area (TPSA) is 50.8 Å². The van der Waals surface area contributed by atoms with E-state index >= 15 is 0 Å². The molecule has 2 unspecified atom stereocenters. The van der Waals surface area contributed by atoms with Gasteiger partial charge in [0.15, 0.2) is 5.82 Å². The fourth-order valence-corrected chi connectivity index (χ4v) is 3.09. The molecular weight excluding hydrogens is 214 g/mol. The van der Waals surface area contributed by atoms with Crippen LogP contribution >= 0.6 is 0 Å². The molecular formula is C13H21N3O. The second kappa shape index (κ2) is 4.77. The molecule has 17 heavy (non-hydrogen) atoms. The van der Waals surface area contributed by atoms with Gasteiger partial charge in [-0.15, -0.1) is 0 Å². The van der Waals surface area contributed by atoms with Gasteiger partial charge < -0.3 is 4.74 Å². The van der Waals surface area contributed by atoms with Crippen LogP contribution in [0, 0.1) is 0 Å². The number of nitrogens with one attached hydrogen (secondary N) is 1. The predicted octanol–water partition coefficient (Wildman–Crippen LogP) is 2.74. The molecule has 3 rings (SSSR count). The van der Waals surface area contributed by atoms with E-state index in [0.717, 1.165) is 24.7 Å². The normalized spacial score (nSPS) is 30.9. The van der Waals surface area contributed by atoms with Crippen molar-refractivity contribution in [2.45, 2.75) is 63.4 Å². The highest BCUT2D eigenvalue weighted by Gasteiger charge is 2.29. The number of H-pyrrole nitrogens is 1. The Balaban J connectivity index is 1.73. The van der Waals surface area contributed by atoms with Crippen molar-refractivity contribution in [2.75, 3.05) is 6.61 Å². The quantitative estimate of drug-likeness (QED) is 0.857. The van der Waals surface area contributed by atoms with Gasteiger partial charge in [-0.1, -0.05) is 19.3 Å². The van der Waals surface area contributed by atoms with Crippen molar-refractivity contribution < 1.29 is 4.74 Å². The number of aromatic nitrogens is 3. The maximum absolute atomic E-state index is 5.59. The summed E-state index contributed by atoms with van der Waals surface area (Å²) in [5, 5.41) is 7.56. The molecule has 2 atom stereocenters. The largest absolute Gasteiger partial charge is 0.378 e. The Bertz CT molecular complexity index is 370. The average Bonchev–Trinajstić information content (AvgIpc) is 2.98. The van der Waals surface area contributed by atoms with Crippen molar-refractivity contribution >= 4 is 0 Å². The van der Waals surface area contributed by atoms with Gasteiger partial charge >= 0.3 is 0 Å². The lowest BCUT2D eigenvalue weighted by Crippen LogP contribution is -2.11. The first-order valence-electron chi connectivity index (χ1n) is 6.88. The second-order valence-corrected chi connectivity index (χ2v) is 5.38. The average molecular weight is 235 g/mol. The zero-order chi connectivity index (χ0) is 11.7. The van der Waals surface area contributed by atoms with Crippen LogP contribution in [-0.2, 0) is 4.74 Å². The van der Waals surface area contributed by atoms with E-state index in [-0.39, 0.29) is 6.10 Å². The van der Waals surface area contributed by atoms with Crippen LogP contribution in [0.25, 0.3) is 0 Å². The van der Waals surface area contributed by atoms with Gasteiger partial charge in [0, 0.05) is 18.4 Å². The molecule has 1 aliphatic heterocycles. The molecule has 0 amide bonds. The van der Waals surface area contributed by atoms with Crippen molar-refractivity contribution in [1.82, 2.24) is 15.2 Å². The fraction of sp³-hybridized carbons (Fsp3) is 0.846. The van der Waals surface area contributed by atoms with Gasteiger partial charge in [-0.25, -0.2) is 4.98 Å². The van der Waals surface area contributed by atoms with Crippen LogP contribution in [0.1, 0.15) is 68.9 Å². The van der Waals surface area contributed by atoms with Crippen molar-refractivity contribution in [3.8, 4) is 0 Å². The maximum atomic E-state index is 5.59. The van der Waals surface area contributed by atoms with E-state index in [2.05, 4.69) is 17.1 Å².